The summed E-state index contributed by atoms with van der Waals surface area (Å²) >= 11 is 0. The third-order valence-electron chi connectivity index (χ3n) is 5.09. The zero-order chi connectivity index (χ0) is 14.3. The van der Waals surface area contributed by atoms with Gasteiger partial charge in [0.05, 0.1) is 0 Å². The Kier molecular flexibility index (Phi) is 4.29. The van der Waals surface area contributed by atoms with E-state index in [0.717, 1.165) is 12.0 Å². The third kappa shape index (κ3) is 3.71. The molecule has 1 aliphatic heterocycles. The van der Waals surface area contributed by atoms with Gasteiger partial charge in [-0.1, -0.05) is 0 Å². The highest BCUT2D eigenvalue weighted by atomic mass is 15.3. The maximum Gasteiger partial charge on any atom is 0.0277 e. The Morgan fingerprint density at radius 3 is 2.32 bits per heavy atom. The minimum absolute atomic E-state index is 0.252. The van der Waals surface area contributed by atoms with Gasteiger partial charge in [0.25, 0.3) is 0 Å². The number of piperazine rings is 1. The summed E-state index contributed by atoms with van der Waals surface area (Å²) in [7, 11) is 2.26. The highest BCUT2D eigenvalue weighted by Crippen LogP contribution is 2.34. The molecule has 19 heavy (non-hydrogen) atoms. The molecule has 1 aliphatic carbocycles. The zero-order valence-corrected chi connectivity index (χ0v) is 13.8. The van der Waals surface area contributed by atoms with Gasteiger partial charge >= 0.3 is 0 Å². The molecule has 3 heteroatoms. The Labute approximate surface area is 119 Å². The van der Waals surface area contributed by atoms with Gasteiger partial charge in [0.15, 0.2) is 0 Å². The topological polar surface area (TPSA) is 18.5 Å². The van der Waals surface area contributed by atoms with Crippen LogP contribution in [-0.4, -0.2) is 60.1 Å². The lowest BCUT2D eigenvalue weighted by Gasteiger charge is -2.53. The van der Waals surface area contributed by atoms with Crippen molar-refractivity contribution in [2.24, 2.45) is 5.92 Å². The largest absolute Gasteiger partial charge is 0.312 e. The average Bonchev–Trinajstić information content (AvgIpc) is 2.20. The molecule has 0 aromatic heterocycles. The van der Waals surface area contributed by atoms with E-state index in [1.165, 1.54) is 39.0 Å². The van der Waals surface area contributed by atoms with Crippen LogP contribution in [0.5, 0.6) is 0 Å². The van der Waals surface area contributed by atoms with Crippen LogP contribution in [0.15, 0.2) is 0 Å². The monoisotopic (exact) mass is 267 g/mol. The molecule has 1 N–H and O–H groups in total. The molecular formula is C16H33N3. The summed E-state index contributed by atoms with van der Waals surface area (Å²) in [6.07, 6.45) is 2.80. The molecule has 0 aromatic rings. The summed E-state index contributed by atoms with van der Waals surface area (Å²) in [4.78, 5) is 5.25. The number of hydrogen-bond donors (Lipinski definition) is 1. The van der Waals surface area contributed by atoms with Crippen LogP contribution in [0, 0.1) is 5.92 Å². The number of nitrogens with one attached hydrogen (secondary N) is 1. The van der Waals surface area contributed by atoms with Gasteiger partial charge in [-0.15, -0.1) is 0 Å². The summed E-state index contributed by atoms with van der Waals surface area (Å²) in [6, 6.07) is 0.822. The van der Waals surface area contributed by atoms with Gasteiger partial charge in [0, 0.05) is 36.8 Å². The van der Waals surface area contributed by atoms with E-state index in [0.29, 0.717) is 5.54 Å². The van der Waals surface area contributed by atoms with Crippen LogP contribution in [-0.2, 0) is 0 Å². The lowest BCUT2D eigenvalue weighted by Crippen LogP contribution is -2.63. The minimum atomic E-state index is 0.252. The van der Waals surface area contributed by atoms with Crippen LogP contribution >= 0.6 is 0 Å². The molecule has 0 radical (unpaired) electrons. The normalized spacial score (nSPS) is 33.2. The van der Waals surface area contributed by atoms with Gasteiger partial charge < -0.3 is 5.32 Å². The lowest BCUT2D eigenvalue weighted by atomic mass is 9.77. The van der Waals surface area contributed by atoms with E-state index in [1.807, 2.05) is 0 Å². The second kappa shape index (κ2) is 5.34. The molecule has 0 aromatic carbocycles. The quantitative estimate of drug-likeness (QED) is 0.845. The predicted molar refractivity (Wildman–Crippen MR) is 82.5 cm³/mol. The Morgan fingerprint density at radius 1 is 1.16 bits per heavy atom. The van der Waals surface area contributed by atoms with E-state index in [1.54, 1.807) is 0 Å². The third-order valence-corrected chi connectivity index (χ3v) is 5.09. The molecule has 3 nitrogen and oxygen atoms in total. The van der Waals surface area contributed by atoms with Gasteiger partial charge in [-0.05, 0) is 67.0 Å². The maximum absolute atomic E-state index is 3.69. The average molecular weight is 267 g/mol. The summed E-state index contributed by atoms with van der Waals surface area (Å²) in [6.45, 7) is 16.4. The maximum atomic E-state index is 3.69. The molecule has 2 fully saturated rings. The fourth-order valence-corrected chi connectivity index (χ4v) is 3.27. The molecule has 1 saturated heterocycles. The van der Waals surface area contributed by atoms with Crippen LogP contribution in [0.2, 0.25) is 0 Å². The fraction of sp³-hybridized carbons (Fsp3) is 1.00. The molecule has 2 atom stereocenters. The SMILES string of the molecule is CN1CCN(C2CCC2CNC(C)(C)C)CC1(C)C. The fourth-order valence-electron chi connectivity index (χ4n) is 3.27. The van der Waals surface area contributed by atoms with Gasteiger partial charge in [-0.25, -0.2) is 0 Å². The Balaban J connectivity index is 1.85. The summed E-state index contributed by atoms with van der Waals surface area (Å²) in [5.41, 5.74) is 0.581. The Morgan fingerprint density at radius 2 is 1.84 bits per heavy atom. The summed E-state index contributed by atoms with van der Waals surface area (Å²) in [5, 5.41) is 3.69. The first-order valence-electron chi connectivity index (χ1n) is 7.89. The van der Waals surface area contributed by atoms with Gasteiger partial charge in [-0.2, -0.15) is 0 Å². The van der Waals surface area contributed by atoms with Crippen molar-refractivity contribution in [3.05, 3.63) is 0 Å². The van der Waals surface area contributed by atoms with Crippen molar-refractivity contribution < 1.29 is 0 Å². The molecule has 0 amide bonds. The standard InChI is InChI=1S/C16H33N3/c1-15(2,3)17-11-13-7-8-14(13)19-10-9-18(6)16(4,5)12-19/h13-14,17H,7-12H2,1-6H3. The Hall–Kier alpha value is -0.120. The second-order valence-electron chi connectivity index (χ2n) is 8.24. The molecule has 2 aliphatic rings. The van der Waals surface area contributed by atoms with E-state index < -0.39 is 0 Å². The minimum Gasteiger partial charge on any atom is -0.312 e. The first-order valence-corrected chi connectivity index (χ1v) is 7.89. The van der Waals surface area contributed by atoms with Crippen LogP contribution in [0.4, 0.5) is 0 Å². The van der Waals surface area contributed by atoms with E-state index in [-0.39, 0.29) is 5.54 Å². The molecule has 2 rings (SSSR count). The summed E-state index contributed by atoms with van der Waals surface area (Å²) < 4.78 is 0. The molecular weight excluding hydrogens is 234 g/mol. The van der Waals surface area contributed by atoms with Crippen LogP contribution < -0.4 is 5.32 Å². The summed E-state index contributed by atoms with van der Waals surface area (Å²) in [5.74, 6) is 0.860. The second-order valence-corrected chi connectivity index (χ2v) is 8.24. The zero-order valence-electron chi connectivity index (χ0n) is 13.8. The van der Waals surface area contributed by atoms with Gasteiger partial charge in [-0.3, -0.25) is 9.80 Å². The smallest absolute Gasteiger partial charge is 0.0277 e. The molecule has 0 bridgehead atoms. The molecule has 1 saturated carbocycles. The van der Waals surface area contributed by atoms with Crippen LogP contribution in [0.3, 0.4) is 0 Å². The molecule has 112 valence electrons. The van der Waals surface area contributed by atoms with Crippen LogP contribution in [0.1, 0.15) is 47.5 Å². The number of hydrogen-bond acceptors (Lipinski definition) is 3. The predicted octanol–water partition coefficient (Wildman–Crippen LogP) is 2.18. The molecule has 1 heterocycles. The number of rotatable bonds is 3. The number of likely N-dealkylation sites (N-methyl/N-ethyl adjacent to an activating group) is 1. The first kappa shape index (κ1) is 15.3. The van der Waals surface area contributed by atoms with Crippen molar-refractivity contribution in [3.8, 4) is 0 Å². The van der Waals surface area contributed by atoms with Crippen molar-refractivity contribution in [1.29, 1.82) is 0 Å². The molecule has 2 unspecified atom stereocenters. The first-order chi connectivity index (χ1) is 8.69. The van der Waals surface area contributed by atoms with E-state index in [9.17, 15) is 0 Å². The van der Waals surface area contributed by atoms with E-state index in [4.69, 9.17) is 0 Å². The van der Waals surface area contributed by atoms with Gasteiger partial charge in [0.2, 0.25) is 0 Å². The lowest BCUT2D eigenvalue weighted by molar-refractivity contribution is -0.0283. The van der Waals surface area contributed by atoms with Crippen molar-refractivity contribution in [2.75, 3.05) is 33.2 Å². The van der Waals surface area contributed by atoms with Crippen LogP contribution in [0.25, 0.3) is 0 Å². The molecule has 0 spiro atoms. The number of nitrogens with zero attached hydrogens (tertiary/aromatic N) is 2. The van der Waals surface area contributed by atoms with Gasteiger partial charge in [0.1, 0.15) is 0 Å². The van der Waals surface area contributed by atoms with E-state index in [2.05, 4.69) is 56.8 Å². The van der Waals surface area contributed by atoms with E-state index >= 15 is 0 Å². The highest BCUT2D eigenvalue weighted by molar-refractivity contribution is 4.97. The van der Waals surface area contributed by atoms with Crippen molar-refractivity contribution in [1.82, 2.24) is 15.1 Å². The van der Waals surface area contributed by atoms with Crippen molar-refractivity contribution in [3.63, 3.8) is 0 Å². The Bertz CT molecular complexity index is 306. The van der Waals surface area contributed by atoms with Crippen molar-refractivity contribution >= 4 is 0 Å². The van der Waals surface area contributed by atoms with Crippen molar-refractivity contribution in [2.45, 2.75) is 64.6 Å². The highest BCUT2D eigenvalue weighted by Gasteiger charge is 2.40.